The summed E-state index contributed by atoms with van der Waals surface area (Å²) in [7, 11) is 0. The summed E-state index contributed by atoms with van der Waals surface area (Å²) < 4.78 is 0. The van der Waals surface area contributed by atoms with Gasteiger partial charge in [-0.3, -0.25) is 14.4 Å². The lowest BCUT2D eigenvalue weighted by Gasteiger charge is -2.39. The van der Waals surface area contributed by atoms with Gasteiger partial charge in [0.25, 0.3) is 0 Å². The van der Waals surface area contributed by atoms with Gasteiger partial charge in [0.1, 0.15) is 0 Å². The zero-order valence-corrected chi connectivity index (χ0v) is 17.1. The molecule has 0 saturated carbocycles. The van der Waals surface area contributed by atoms with Crippen LogP contribution in [0.15, 0.2) is 30.5 Å². The SMILES string of the molecule is CC(=O)N1C=Cc2ccccc2C1CC(=O)N1CCN(C(=O)C(C)(C)C)CC1. The predicted octanol–water partition coefficient (Wildman–Crippen LogP) is 2.67. The van der Waals surface area contributed by atoms with Gasteiger partial charge in [0.05, 0.1) is 12.5 Å². The molecule has 0 radical (unpaired) electrons. The summed E-state index contributed by atoms with van der Waals surface area (Å²) in [6.45, 7) is 9.44. The molecular formula is C22H29N3O3. The summed E-state index contributed by atoms with van der Waals surface area (Å²) in [5.74, 6) is 0.0575. The highest BCUT2D eigenvalue weighted by Crippen LogP contribution is 2.33. The maximum Gasteiger partial charge on any atom is 0.228 e. The van der Waals surface area contributed by atoms with E-state index >= 15 is 0 Å². The number of hydrogen-bond donors (Lipinski definition) is 0. The topological polar surface area (TPSA) is 60.9 Å². The number of piperazine rings is 1. The highest BCUT2D eigenvalue weighted by atomic mass is 16.2. The fraction of sp³-hybridized carbons (Fsp3) is 0.500. The zero-order chi connectivity index (χ0) is 20.5. The minimum atomic E-state index is -0.410. The number of rotatable bonds is 2. The molecule has 0 N–H and O–H groups in total. The van der Waals surface area contributed by atoms with E-state index in [0.717, 1.165) is 11.1 Å². The van der Waals surface area contributed by atoms with Crippen molar-refractivity contribution in [2.75, 3.05) is 26.2 Å². The summed E-state index contributed by atoms with van der Waals surface area (Å²) in [5.41, 5.74) is 1.63. The maximum absolute atomic E-state index is 13.0. The van der Waals surface area contributed by atoms with Gasteiger partial charge in [0, 0.05) is 44.7 Å². The fourth-order valence-corrected chi connectivity index (χ4v) is 3.84. The lowest BCUT2D eigenvalue weighted by Crippen LogP contribution is -2.53. The molecule has 2 aliphatic rings. The number of amides is 3. The minimum Gasteiger partial charge on any atom is -0.339 e. The highest BCUT2D eigenvalue weighted by molar-refractivity contribution is 5.83. The van der Waals surface area contributed by atoms with Crippen LogP contribution in [0.25, 0.3) is 6.08 Å². The normalized spacial score (nSPS) is 19.4. The maximum atomic E-state index is 13.0. The lowest BCUT2D eigenvalue weighted by molar-refractivity contribution is -0.145. The molecule has 0 bridgehead atoms. The van der Waals surface area contributed by atoms with E-state index in [1.165, 1.54) is 6.92 Å². The van der Waals surface area contributed by atoms with E-state index in [1.807, 2.05) is 60.9 Å². The molecule has 2 heterocycles. The molecule has 1 saturated heterocycles. The van der Waals surface area contributed by atoms with Gasteiger partial charge in [-0.15, -0.1) is 0 Å². The van der Waals surface area contributed by atoms with Gasteiger partial charge < -0.3 is 14.7 Å². The van der Waals surface area contributed by atoms with Gasteiger partial charge >= 0.3 is 0 Å². The minimum absolute atomic E-state index is 0.0178. The van der Waals surface area contributed by atoms with Crippen LogP contribution in [0.1, 0.15) is 51.3 Å². The van der Waals surface area contributed by atoms with Crippen LogP contribution in [0.3, 0.4) is 0 Å². The van der Waals surface area contributed by atoms with Crippen LogP contribution >= 0.6 is 0 Å². The number of benzene rings is 1. The van der Waals surface area contributed by atoms with Crippen LogP contribution in [0.2, 0.25) is 0 Å². The second-order valence-corrected chi connectivity index (χ2v) is 8.51. The van der Waals surface area contributed by atoms with Crippen molar-refractivity contribution in [3.8, 4) is 0 Å². The van der Waals surface area contributed by atoms with Crippen molar-refractivity contribution in [2.45, 2.75) is 40.2 Å². The van der Waals surface area contributed by atoms with Crippen molar-refractivity contribution in [2.24, 2.45) is 5.41 Å². The van der Waals surface area contributed by atoms with Gasteiger partial charge in [-0.2, -0.15) is 0 Å². The van der Waals surface area contributed by atoms with Gasteiger partial charge in [0.2, 0.25) is 17.7 Å². The molecule has 1 aromatic rings. The molecule has 1 atom stereocenters. The van der Waals surface area contributed by atoms with E-state index in [2.05, 4.69) is 0 Å². The quantitative estimate of drug-likeness (QED) is 0.789. The van der Waals surface area contributed by atoms with E-state index in [0.29, 0.717) is 26.2 Å². The first kappa shape index (κ1) is 20.1. The standard InChI is InChI=1S/C22H29N3O3/c1-16(26)25-10-9-17-7-5-6-8-18(17)19(25)15-20(27)23-11-13-24(14-12-23)21(28)22(2,3)4/h5-10,19H,11-15H2,1-4H3. The van der Waals surface area contributed by atoms with Crippen LogP contribution in [-0.4, -0.2) is 58.6 Å². The van der Waals surface area contributed by atoms with E-state index in [1.54, 1.807) is 11.1 Å². The first-order valence-corrected chi connectivity index (χ1v) is 9.81. The van der Waals surface area contributed by atoms with Crippen molar-refractivity contribution in [1.82, 2.24) is 14.7 Å². The Morgan fingerprint density at radius 2 is 1.61 bits per heavy atom. The summed E-state index contributed by atoms with van der Waals surface area (Å²) in [5, 5.41) is 0. The largest absolute Gasteiger partial charge is 0.339 e. The third kappa shape index (κ3) is 4.11. The molecule has 1 fully saturated rings. The molecule has 28 heavy (non-hydrogen) atoms. The molecule has 0 aromatic heterocycles. The Kier molecular flexibility index (Phi) is 5.59. The van der Waals surface area contributed by atoms with Gasteiger partial charge in [-0.1, -0.05) is 45.0 Å². The smallest absolute Gasteiger partial charge is 0.228 e. The summed E-state index contributed by atoms with van der Waals surface area (Å²) in [6, 6.07) is 7.58. The number of carbonyl (C=O) groups is 3. The lowest BCUT2D eigenvalue weighted by atomic mass is 9.93. The summed E-state index contributed by atoms with van der Waals surface area (Å²) in [4.78, 5) is 42.8. The Morgan fingerprint density at radius 3 is 2.21 bits per heavy atom. The van der Waals surface area contributed by atoms with Crippen molar-refractivity contribution >= 4 is 23.8 Å². The van der Waals surface area contributed by atoms with E-state index in [9.17, 15) is 14.4 Å². The molecule has 6 nitrogen and oxygen atoms in total. The number of carbonyl (C=O) groups excluding carboxylic acids is 3. The Hall–Kier alpha value is -2.63. The van der Waals surface area contributed by atoms with E-state index in [4.69, 9.17) is 0 Å². The monoisotopic (exact) mass is 383 g/mol. The molecule has 1 unspecified atom stereocenters. The first-order chi connectivity index (χ1) is 13.2. The highest BCUT2D eigenvalue weighted by Gasteiger charge is 2.33. The van der Waals surface area contributed by atoms with Crippen molar-refractivity contribution < 1.29 is 14.4 Å². The van der Waals surface area contributed by atoms with Crippen molar-refractivity contribution in [3.05, 3.63) is 41.6 Å². The Labute approximate surface area is 166 Å². The Morgan fingerprint density at radius 1 is 1.00 bits per heavy atom. The third-order valence-corrected chi connectivity index (χ3v) is 5.40. The first-order valence-electron chi connectivity index (χ1n) is 9.81. The second kappa shape index (κ2) is 7.78. The molecule has 3 rings (SSSR count). The average Bonchev–Trinajstić information content (AvgIpc) is 2.66. The molecule has 3 amide bonds. The van der Waals surface area contributed by atoms with Crippen LogP contribution in [0, 0.1) is 5.41 Å². The average molecular weight is 383 g/mol. The molecule has 1 aromatic carbocycles. The van der Waals surface area contributed by atoms with Crippen LogP contribution in [-0.2, 0) is 14.4 Å². The third-order valence-electron chi connectivity index (χ3n) is 5.40. The summed E-state index contributed by atoms with van der Waals surface area (Å²) in [6.07, 6.45) is 3.92. The number of fused-ring (bicyclic) bond motifs is 1. The summed E-state index contributed by atoms with van der Waals surface area (Å²) >= 11 is 0. The number of nitrogens with zero attached hydrogens (tertiary/aromatic N) is 3. The second-order valence-electron chi connectivity index (χ2n) is 8.51. The van der Waals surface area contributed by atoms with E-state index < -0.39 is 5.41 Å². The van der Waals surface area contributed by atoms with Gasteiger partial charge in [0.15, 0.2) is 0 Å². The molecule has 0 spiro atoms. The molecular weight excluding hydrogens is 354 g/mol. The van der Waals surface area contributed by atoms with Gasteiger partial charge in [-0.25, -0.2) is 0 Å². The predicted molar refractivity (Wildman–Crippen MR) is 108 cm³/mol. The molecule has 2 aliphatic heterocycles. The van der Waals surface area contributed by atoms with Crippen LogP contribution < -0.4 is 0 Å². The van der Waals surface area contributed by atoms with Crippen LogP contribution in [0.5, 0.6) is 0 Å². The molecule has 6 heteroatoms. The fourth-order valence-electron chi connectivity index (χ4n) is 3.84. The molecule has 150 valence electrons. The van der Waals surface area contributed by atoms with Crippen molar-refractivity contribution in [1.29, 1.82) is 0 Å². The van der Waals surface area contributed by atoms with Crippen LogP contribution in [0.4, 0.5) is 0 Å². The molecule has 0 aliphatic carbocycles. The zero-order valence-electron chi connectivity index (χ0n) is 17.1. The van der Waals surface area contributed by atoms with Gasteiger partial charge in [-0.05, 0) is 17.2 Å². The Bertz CT molecular complexity index is 801. The van der Waals surface area contributed by atoms with E-state index in [-0.39, 0.29) is 30.2 Å². The Balaban J connectivity index is 1.68. The number of hydrogen-bond acceptors (Lipinski definition) is 3. The van der Waals surface area contributed by atoms with Crippen molar-refractivity contribution in [3.63, 3.8) is 0 Å².